The Labute approximate surface area is 168 Å². The molecule has 1 amide bonds. The van der Waals surface area contributed by atoms with E-state index in [-0.39, 0.29) is 18.0 Å². The SMILES string of the molecule is Cc1ccccc1NC(=O)C(C#N)=Cc1ccccc1OCc1ccccc1F. The Bertz CT molecular complexity index is 1100. The molecule has 0 radical (unpaired) electrons. The maximum absolute atomic E-state index is 13.8. The molecule has 0 aliphatic rings. The van der Waals surface area contributed by atoms with Crippen molar-refractivity contribution in [2.24, 2.45) is 0 Å². The van der Waals surface area contributed by atoms with E-state index >= 15 is 0 Å². The van der Waals surface area contributed by atoms with E-state index in [1.807, 2.05) is 31.2 Å². The highest BCUT2D eigenvalue weighted by atomic mass is 19.1. The van der Waals surface area contributed by atoms with Crippen LogP contribution < -0.4 is 10.1 Å². The Morgan fingerprint density at radius 1 is 1.07 bits per heavy atom. The number of hydrogen-bond acceptors (Lipinski definition) is 3. The number of nitrogens with one attached hydrogen (secondary N) is 1. The van der Waals surface area contributed by atoms with Gasteiger partial charge in [0, 0.05) is 16.8 Å². The normalized spacial score (nSPS) is 10.9. The fraction of sp³-hybridized carbons (Fsp3) is 0.0833. The van der Waals surface area contributed by atoms with E-state index in [4.69, 9.17) is 4.74 Å². The lowest BCUT2D eigenvalue weighted by Crippen LogP contribution is -2.14. The monoisotopic (exact) mass is 386 g/mol. The van der Waals surface area contributed by atoms with Crippen LogP contribution in [0, 0.1) is 24.1 Å². The van der Waals surface area contributed by atoms with Crippen LogP contribution in [-0.4, -0.2) is 5.91 Å². The summed E-state index contributed by atoms with van der Waals surface area (Å²) in [4.78, 5) is 12.5. The van der Waals surface area contributed by atoms with Gasteiger partial charge in [-0.3, -0.25) is 4.79 Å². The van der Waals surface area contributed by atoms with Crippen LogP contribution >= 0.6 is 0 Å². The Kier molecular flexibility index (Phi) is 6.39. The lowest BCUT2D eigenvalue weighted by Gasteiger charge is -2.11. The van der Waals surface area contributed by atoms with Gasteiger partial charge in [-0.1, -0.05) is 54.6 Å². The Hall–Kier alpha value is -3.91. The minimum Gasteiger partial charge on any atom is -0.488 e. The molecule has 4 nitrogen and oxygen atoms in total. The minimum atomic E-state index is -0.509. The number of hydrogen-bond donors (Lipinski definition) is 1. The molecule has 0 saturated carbocycles. The summed E-state index contributed by atoms with van der Waals surface area (Å²) in [5.74, 6) is -0.409. The molecule has 0 fully saturated rings. The Balaban J connectivity index is 1.81. The summed E-state index contributed by atoms with van der Waals surface area (Å²) in [6.45, 7) is 1.91. The second kappa shape index (κ2) is 9.34. The highest BCUT2D eigenvalue weighted by Crippen LogP contribution is 2.23. The van der Waals surface area contributed by atoms with Crippen molar-refractivity contribution in [3.63, 3.8) is 0 Å². The van der Waals surface area contributed by atoms with Crippen LogP contribution in [0.3, 0.4) is 0 Å². The fourth-order valence-corrected chi connectivity index (χ4v) is 2.71. The van der Waals surface area contributed by atoms with Crippen molar-refractivity contribution in [2.75, 3.05) is 5.32 Å². The van der Waals surface area contributed by atoms with E-state index < -0.39 is 5.91 Å². The molecule has 0 bridgehead atoms. The Morgan fingerprint density at radius 2 is 1.76 bits per heavy atom. The summed E-state index contributed by atoms with van der Waals surface area (Å²) < 4.78 is 19.6. The van der Waals surface area contributed by atoms with Crippen LogP contribution in [0.15, 0.2) is 78.4 Å². The van der Waals surface area contributed by atoms with Crippen molar-refractivity contribution in [3.8, 4) is 11.8 Å². The number of anilines is 1. The number of nitrogens with zero attached hydrogens (tertiary/aromatic N) is 1. The molecular formula is C24H19FN2O2. The van der Waals surface area contributed by atoms with Gasteiger partial charge in [-0.05, 0) is 36.8 Å². The standard InChI is InChI=1S/C24H19FN2O2/c1-17-8-2-6-12-22(17)27-24(28)20(15-26)14-18-9-4-7-13-23(18)29-16-19-10-3-5-11-21(19)25/h2-14H,16H2,1H3,(H,27,28). The molecule has 0 spiro atoms. The average molecular weight is 386 g/mol. The van der Waals surface area contributed by atoms with E-state index in [0.29, 0.717) is 22.6 Å². The van der Waals surface area contributed by atoms with E-state index in [9.17, 15) is 14.4 Å². The zero-order valence-corrected chi connectivity index (χ0v) is 15.9. The van der Waals surface area contributed by atoms with Gasteiger partial charge >= 0.3 is 0 Å². The van der Waals surface area contributed by atoms with Crippen LogP contribution in [0.25, 0.3) is 6.08 Å². The zero-order valence-electron chi connectivity index (χ0n) is 15.9. The van der Waals surface area contributed by atoms with Gasteiger partial charge in [0.15, 0.2) is 0 Å². The molecule has 0 unspecified atom stereocenters. The van der Waals surface area contributed by atoms with Gasteiger partial charge in [-0.25, -0.2) is 4.39 Å². The molecule has 1 N–H and O–H groups in total. The summed E-state index contributed by atoms with van der Waals surface area (Å²) in [5, 5.41) is 12.2. The van der Waals surface area contributed by atoms with Gasteiger partial charge < -0.3 is 10.1 Å². The van der Waals surface area contributed by atoms with E-state index in [1.54, 1.807) is 48.5 Å². The summed E-state index contributed by atoms with van der Waals surface area (Å²) >= 11 is 0. The van der Waals surface area contributed by atoms with Gasteiger partial charge in [0.2, 0.25) is 0 Å². The van der Waals surface area contributed by atoms with Gasteiger partial charge in [0.25, 0.3) is 5.91 Å². The van der Waals surface area contributed by atoms with E-state index in [1.165, 1.54) is 12.1 Å². The molecule has 5 heteroatoms. The van der Waals surface area contributed by atoms with E-state index in [0.717, 1.165) is 5.56 Å². The number of rotatable bonds is 6. The van der Waals surface area contributed by atoms with Crippen LogP contribution in [-0.2, 0) is 11.4 Å². The minimum absolute atomic E-state index is 0.0365. The first kappa shape index (κ1) is 19.8. The average Bonchev–Trinajstić information content (AvgIpc) is 2.73. The van der Waals surface area contributed by atoms with Crippen molar-refractivity contribution >= 4 is 17.7 Å². The second-order valence-corrected chi connectivity index (χ2v) is 6.36. The van der Waals surface area contributed by atoms with Crippen LogP contribution in [0.5, 0.6) is 5.75 Å². The predicted molar refractivity (Wildman–Crippen MR) is 111 cm³/mol. The molecule has 0 atom stereocenters. The van der Waals surface area contributed by atoms with Crippen molar-refractivity contribution in [3.05, 3.63) is 101 Å². The predicted octanol–water partition coefficient (Wildman–Crippen LogP) is 5.26. The molecule has 3 rings (SSSR count). The topological polar surface area (TPSA) is 62.1 Å². The lowest BCUT2D eigenvalue weighted by atomic mass is 10.1. The number of amides is 1. The van der Waals surface area contributed by atoms with Crippen LogP contribution in [0.4, 0.5) is 10.1 Å². The van der Waals surface area contributed by atoms with Crippen molar-refractivity contribution in [1.82, 2.24) is 0 Å². The maximum Gasteiger partial charge on any atom is 0.266 e. The zero-order chi connectivity index (χ0) is 20.6. The smallest absolute Gasteiger partial charge is 0.266 e. The summed E-state index contributed by atoms with van der Waals surface area (Å²) in [5.41, 5.74) is 2.45. The second-order valence-electron chi connectivity index (χ2n) is 6.36. The first-order valence-corrected chi connectivity index (χ1v) is 9.02. The molecule has 3 aromatic carbocycles. The van der Waals surface area contributed by atoms with Crippen molar-refractivity contribution < 1.29 is 13.9 Å². The summed E-state index contributed by atoms with van der Waals surface area (Å²) in [6.07, 6.45) is 1.46. The third-order valence-corrected chi connectivity index (χ3v) is 4.32. The number of nitriles is 1. The molecule has 3 aromatic rings. The van der Waals surface area contributed by atoms with Crippen LogP contribution in [0.1, 0.15) is 16.7 Å². The largest absolute Gasteiger partial charge is 0.488 e. The molecule has 0 aliphatic heterocycles. The fourth-order valence-electron chi connectivity index (χ4n) is 2.71. The van der Waals surface area contributed by atoms with Crippen molar-refractivity contribution in [1.29, 1.82) is 5.26 Å². The number of ether oxygens (including phenoxy) is 1. The maximum atomic E-state index is 13.8. The number of carbonyl (C=O) groups excluding carboxylic acids is 1. The molecule has 0 saturated heterocycles. The van der Waals surface area contributed by atoms with Gasteiger partial charge in [0.1, 0.15) is 29.8 Å². The number of halogens is 1. The number of benzene rings is 3. The molecule has 144 valence electrons. The first-order chi connectivity index (χ1) is 14.1. The molecule has 0 aromatic heterocycles. The Morgan fingerprint density at radius 3 is 2.52 bits per heavy atom. The van der Waals surface area contributed by atoms with Crippen molar-refractivity contribution in [2.45, 2.75) is 13.5 Å². The number of para-hydroxylation sites is 2. The summed E-state index contributed by atoms with van der Waals surface area (Å²) in [6, 6.07) is 22.6. The van der Waals surface area contributed by atoms with Gasteiger partial charge in [0.05, 0.1) is 0 Å². The molecule has 0 heterocycles. The lowest BCUT2D eigenvalue weighted by molar-refractivity contribution is -0.112. The van der Waals surface area contributed by atoms with Crippen LogP contribution in [0.2, 0.25) is 0 Å². The number of carbonyl (C=O) groups is 1. The third kappa shape index (κ3) is 5.08. The summed E-state index contributed by atoms with van der Waals surface area (Å²) in [7, 11) is 0. The molecule has 29 heavy (non-hydrogen) atoms. The highest BCUT2D eigenvalue weighted by Gasteiger charge is 2.12. The quantitative estimate of drug-likeness (QED) is 0.464. The van der Waals surface area contributed by atoms with Gasteiger partial charge in [-0.2, -0.15) is 5.26 Å². The van der Waals surface area contributed by atoms with Gasteiger partial charge in [-0.15, -0.1) is 0 Å². The number of aryl methyl sites for hydroxylation is 1. The highest BCUT2D eigenvalue weighted by molar-refractivity contribution is 6.10. The molecule has 0 aliphatic carbocycles. The van der Waals surface area contributed by atoms with E-state index in [2.05, 4.69) is 5.32 Å². The first-order valence-electron chi connectivity index (χ1n) is 9.02. The molecular weight excluding hydrogens is 367 g/mol. The third-order valence-electron chi connectivity index (χ3n) is 4.32.